The second-order valence-electron chi connectivity index (χ2n) is 5.13. The standard InChI is InChI=1S/C14H20ClN/c1-9(2)13-7-10(5-6-16)12-4-3-11(15)8-14(12)13/h3-4,8-10,13H,5-7,16H2,1-2H3. The van der Waals surface area contributed by atoms with Crippen molar-refractivity contribution in [3.05, 3.63) is 34.3 Å². The summed E-state index contributed by atoms with van der Waals surface area (Å²) in [5.41, 5.74) is 8.63. The Labute approximate surface area is 103 Å². The van der Waals surface area contributed by atoms with Crippen molar-refractivity contribution in [2.45, 2.75) is 38.5 Å². The van der Waals surface area contributed by atoms with Crippen LogP contribution >= 0.6 is 11.6 Å². The Bertz CT molecular complexity index is 373. The second-order valence-corrected chi connectivity index (χ2v) is 5.57. The van der Waals surface area contributed by atoms with E-state index < -0.39 is 0 Å². The van der Waals surface area contributed by atoms with Gasteiger partial charge >= 0.3 is 0 Å². The fraction of sp³-hybridized carbons (Fsp3) is 0.571. The summed E-state index contributed by atoms with van der Waals surface area (Å²) in [6, 6.07) is 6.35. The zero-order valence-corrected chi connectivity index (χ0v) is 10.8. The van der Waals surface area contributed by atoms with Crippen LogP contribution in [-0.2, 0) is 0 Å². The fourth-order valence-electron chi connectivity index (χ4n) is 2.90. The third kappa shape index (κ3) is 2.11. The third-order valence-corrected chi connectivity index (χ3v) is 3.98. The molecule has 1 nitrogen and oxygen atoms in total. The summed E-state index contributed by atoms with van der Waals surface area (Å²) in [5.74, 6) is 1.98. The first kappa shape index (κ1) is 11.9. The lowest BCUT2D eigenvalue weighted by molar-refractivity contribution is 0.457. The summed E-state index contributed by atoms with van der Waals surface area (Å²) in [6.07, 6.45) is 2.34. The molecule has 16 heavy (non-hydrogen) atoms. The molecule has 1 aliphatic carbocycles. The van der Waals surface area contributed by atoms with E-state index in [1.165, 1.54) is 17.5 Å². The van der Waals surface area contributed by atoms with Gasteiger partial charge < -0.3 is 5.73 Å². The molecular formula is C14H20ClN. The van der Waals surface area contributed by atoms with Gasteiger partial charge in [-0.15, -0.1) is 0 Å². The third-order valence-electron chi connectivity index (χ3n) is 3.75. The normalized spacial score (nSPS) is 23.8. The monoisotopic (exact) mass is 237 g/mol. The van der Waals surface area contributed by atoms with E-state index in [4.69, 9.17) is 17.3 Å². The molecule has 2 unspecified atom stereocenters. The largest absolute Gasteiger partial charge is 0.330 e. The SMILES string of the molecule is CC(C)C1CC(CCN)c2ccc(Cl)cc21. The van der Waals surface area contributed by atoms with Gasteiger partial charge in [0.2, 0.25) is 0 Å². The zero-order chi connectivity index (χ0) is 11.7. The van der Waals surface area contributed by atoms with Crippen LogP contribution in [0.3, 0.4) is 0 Å². The first-order chi connectivity index (χ1) is 7.63. The molecule has 2 N–H and O–H groups in total. The molecule has 88 valence electrons. The van der Waals surface area contributed by atoms with Crippen LogP contribution in [0.25, 0.3) is 0 Å². The van der Waals surface area contributed by atoms with Crippen LogP contribution in [-0.4, -0.2) is 6.54 Å². The molecule has 0 saturated carbocycles. The van der Waals surface area contributed by atoms with E-state index in [0.29, 0.717) is 17.8 Å². The van der Waals surface area contributed by atoms with E-state index in [9.17, 15) is 0 Å². The molecule has 0 amide bonds. The van der Waals surface area contributed by atoms with E-state index in [1.807, 2.05) is 6.07 Å². The maximum absolute atomic E-state index is 6.09. The van der Waals surface area contributed by atoms with Crippen LogP contribution in [0.1, 0.15) is 49.7 Å². The Hall–Kier alpha value is -0.530. The number of benzene rings is 1. The Balaban J connectivity index is 2.36. The van der Waals surface area contributed by atoms with Gasteiger partial charge in [0.05, 0.1) is 0 Å². The van der Waals surface area contributed by atoms with Crippen molar-refractivity contribution in [3.63, 3.8) is 0 Å². The highest BCUT2D eigenvalue weighted by atomic mass is 35.5. The molecule has 1 aliphatic rings. The lowest BCUT2D eigenvalue weighted by atomic mass is 9.89. The number of halogens is 1. The van der Waals surface area contributed by atoms with Gasteiger partial charge in [-0.05, 0) is 60.4 Å². The van der Waals surface area contributed by atoms with Crippen molar-refractivity contribution in [3.8, 4) is 0 Å². The van der Waals surface area contributed by atoms with Gasteiger partial charge in [0.15, 0.2) is 0 Å². The van der Waals surface area contributed by atoms with Crippen LogP contribution in [0.15, 0.2) is 18.2 Å². The van der Waals surface area contributed by atoms with Crippen molar-refractivity contribution < 1.29 is 0 Å². The van der Waals surface area contributed by atoms with Crippen molar-refractivity contribution in [1.82, 2.24) is 0 Å². The van der Waals surface area contributed by atoms with Crippen molar-refractivity contribution in [1.29, 1.82) is 0 Å². The van der Waals surface area contributed by atoms with Gasteiger partial charge in [0.1, 0.15) is 0 Å². The Kier molecular flexibility index (Phi) is 3.56. The molecular weight excluding hydrogens is 218 g/mol. The molecule has 0 saturated heterocycles. The Morgan fingerprint density at radius 1 is 1.38 bits per heavy atom. The average molecular weight is 238 g/mol. The molecule has 2 heteroatoms. The first-order valence-electron chi connectivity index (χ1n) is 6.13. The van der Waals surface area contributed by atoms with E-state index in [2.05, 4.69) is 26.0 Å². The predicted octanol–water partition coefficient (Wildman–Crippen LogP) is 3.92. The minimum atomic E-state index is 0.643. The summed E-state index contributed by atoms with van der Waals surface area (Å²) < 4.78 is 0. The summed E-state index contributed by atoms with van der Waals surface area (Å²) in [5, 5.41) is 0.859. The molecule has 0 spiro atoms. The number of rotatable bonds is 3. The molecule has 0 radical (unpaired) electrons. The molecule has 0 heterocycles. The first-order valence-corrected chi connectivity index (χ1v) is 6.50. The van der Waals surface area contributed by atoms with Crippen molar-refractivity contribution in [2.24, 2.45) is 11.7 Å². The highest BCUT2D eigenvalue weighted by molar-refractivity contribution is 6.30. The molecule has 0 fully saturated rings. The van der Waals surface area contributed by atoms with E-state index in [-0.39, 0.29) is 0 Å². The number of hydrogen-bond acceptors (Lipinski definition) is 1. The quantitative estimate of drug-likeness (QED) is 0.848. The lowest BCUT2D eigenvalue weighted by Gasteiger charge is -2.16. The van der Waals surface area contributed by atoms with Gasteiger partial charge in [-0.3, -0.25) is 0 Å². The smallest absolute Gasteiger partial charge is 0.0409 e. The van der Waals surface area contributed by atoms with Crippen LogP contribution in [0.4, 0.5) is 0 Å². The molecule has 0 aliphatic heterocycles. The van der Waals surface area contributed by atoms with Gasteiger partial charge in [-0.1, -0.05) is 31.5 Å². The maximum Gasteiger partial charge on any atom is 0.0409 e. The fourth-order valence-corrected chi connectivity index (χ4v) is 3.09. The number of nitrogens with two attached hydrogens (primary N) is 1. The van der Waals surface area contributed by atoms with E-state index in [1.54, 1.807) is 0 Å². The predicted molar refractivity (Wildman–Crippen MR) is 70.1 cm³/mol. The van der Waals surface area contributed by atoms with Gasteiger partial charge in [-0.25, -0.2) is 0 Å². The minimum Gasteiger partial charge on any atom is -0.330 e. The van der Waals surface area contributed by atoms with E-state index >= 15 is 0 Å². The van der Waals surface area contributed by atoms with Gasteiger partial charge in [0, 0.05) is 5.02 Å². The lowest BCUT2D eigenvalue weighted by Crippen LogP contribution is -2.06. The molecule has 1 aromatic carbocycles. The summed E-state index contributed by atoms with van der Waals surface area (Å²) >= 11 is 6.09. The van der Waals surface area contributed by atoms with Gasteiger partial charge in [0.25, 0.3) is 0 Å². The number of hydrogen-bond donors (Lipinski definition) is 1. The molecule has 1 aromatic rings. The summed E-state index contributed by atoms with van der Waals surface area (Å²) in [6.45, 7) is 5.36. The second kappa shape index (κ2) is 4.77. The van der Waals surface area contributed by atoms with Gasteiger partial charge in [-0.2, -0.15) is 0 Å². The summed E-state index contributed by atoms with van der Waals surface area (Å²) in [4.78, 5) is 0. The average Bonchev–Trinajstić information content (AvgIpc) is 2.57. The van der Waals surface area contributed by atoms with Crippen molar-refractivity contribution in [2.75, 3.05) is 6.54 Å². The highest BCUT2D eigenvalue weighted by Crippen LogP contribution is 2.47. The zero-order valence-electron chi connectivity index (χ0n) is 10.0. The topological polar surface area (TPSA) is 26.0 Å². The van der Waals surface area contributed by atoms with Crippen LogP contribution < -0.4 is 5.73 Å². The molecule has 0 bridgehead atoms. The molecule has 2 rings (SSSR count). The summed E-state index contributed by atoms with van der Waals surface area (Å²) in [7, 11) is 0. The van der Waals surface area contributed by atoms with Crippen LogP contribution in [0.2, 0.25) is 5.02 Å². The highest BCUT2D eigenvalue weighted by Gasteiger charge is 2.32. The van der Waals surface area contributed by atoms with Crippen molar-refractivity contribution >= 4 is 11.6 Å². The number of fused-ring (bicyclic) bond motifs is 1. The molecule has 2 atom stereocenters. The van der Waals surface area contributed by atoms with E-state index in [0.717, 1.165) is 18.0 Å². The van der Waals surface area contributed by atoms with Crippen LogP contribution in [0, 0.1) is 5.92 Å². The maximum atomic E-state index is 6.09. The molecule has 0 aromatic heterocycles. The Morgan fingerprint density at radius 3 is 2.75 bits per heavy atom. The Morgan fingerprint density at radius 2 is 2.12 bits per heavy atom. The van der Waals surface area contributed by atoms with Crippen LogP contribution in [0.5, 0.6) is 0 Å². The minimum absolute atomic E-state index is 0.643.